The molecule has 0 unspecified atom stereocenters. The summed E-state index contributed by atoms with van der Waals surface area (Å²) in [5, 5.41) is 10.2. The smallest absolute Gasteiger partial charge is 0.304 e. The third kappa shape index (κ3) is 2.58. The molecule has 0 aliphatic heterocycles. The molecule has 1 saturated carbocycles. The first kappa shape index (κ1) is 12.7. The number of carboxylic acid groups (broad SMARTS) is 1. The van der Waals surface area contributed by atoms with Crippen LogP contribution in [0.4, 0.5) is 0 Å². The Kier molecular flexibility index (Phi) is 3.64. The van der Waals surface area contributed by atoms with Gasteiger partial charge in [0.15, 0.2) is 0 Å². The van der Waals surface area contributed by atoms with E-state index in [4.69, 9.17) is 28.3 Å². The van der Waals surface area contributed by atoms with E-state index in [0.717, 1.165) is 31.2 Å². The van der Waals surface area contributed by atoms with E-state index in [-0.39, 0.29) is 11.8 Å². The Morgan fingerprint density at radius 3 is 2.47 bits per heavy atom. The van der Waals surface area contributed by atoms with Gasteiger partial charge in [0.1, 0.15) is 0 Å². The van der Waals surface area contributed by atoms with Crippen molar-refractivity contribution >= 4 is 29.2 Å². The van der Waals surface area contributed by atoms with Crippen molar-refractivity contribution in [2.75, 3.05) is 0 Å². The molecular weight excluding hydrogens is 259 g/mol. The predicted molar refractivity (Wildman–Crippen MR) is 68.9 cm³/mol. The normalized spacial score (nSPS) is 18.2. The molecule has 17 heavy (non-hydrogen) atoms. The van der Waals surface area contributed by atoms with Crippen LogP contribution in [-0.4, -0.2) is 11.1 Å². The number of hydrogen-bond donors (Lipinski definition) is 1. The summed E-state index contributed by atoms with van der Waals surface area (Å²) in [6, 6.07) is 5.35. The third-order valence-electron chi connectivity index (χ3n) is 3.55. The van der Waals surface area contributed by atoms with E-state index in [1.54, 1.807) is 12.1 Å². The van der Waals surface area contributed by atoms with E-state index in [2.05, 4.69) is 0 Å². The van der Waals surface area contributed by atoms with Crippen LogP contribution in [0.5, 0.6) is 0 Å². The van der Waals surface area contributed by atoms with Crippen LogP contribution in [0.15, 0.2) is 18.2 Å². The molecule has 1 aliphatic rings. The van der Waals surface area contributed by atoms with Gasteiger partial charge in [0.25, 0.3) is 0 Å². The van der Waals surface area contributed by atoms with Crippen molar-refractivity contribution in [2.45, 2.75) is 37.5 Å². The van der Waals surface area contributed by atoms with Gasteiger partial charge in [0.2, 0.25) is 0 Å². The first-order chi connectivity index (χ1) is 8.03. The zero-order valence-corrected chi connectivity index (χ0v) is 10.9. The average molecular weight is 273 g/mol. The number of hydrogen-bond acceptors (Lipinski definition) is 1. The van der Waals surface area contributed by atoms with Gasteiger partial charge in [-0.2, -0.15) is 0 Å². The first-order valence-corrected chi connectivity index (χ1v) is 6.46. The molecule has 0 radical (unpaired) electrons. The Morgan fingerprint density at radius 2 is 1.94 bits per heavy atom. The van der Waals surface area contributed by atoms with E-state index in [9.17, 15) is 4.79 Å². The van der Waals surface area contributed by atoms with Crippen molar-refractivity contribution in [1.82, 2.24) is 0 Å². The van der Waals surface area contributed by atoms with Crippen LogP contribution in [0.2, 0.25) is 10.0 Å². The van der Waals surface area contributed by atoms with Crippen molar-refractivity contribution < 1.29 is 9.90 Å². The summed E-state index contributed by atoms with van der Waals surface area (Å²) in [6.07, 6.45) is 4.05. The monoisotopic (exact) mass is 272 g/mol. The van der Waals surface area contributed by atoms with Crippen molar-refractivity contribution in [1.29, 1.82) is 0 Å². The average Bonchev–Trinajstić information content (AvgIpc) is 2.65. The summed E-state index contributed by atoms with van der Waals surface area (Å²) in [5.74, 6) is -0.766. The van der Waals surface area contributed by atoms with E-state index in [0.29, 0.717) is 10.0 Å². The highest BCUT2D eigenvalue weighted by Crippen LogP contribution is 2.46. The lowest BCUT2D eigenvalue weighted by molar-refractivity contribution is -0.138. The highest BCUT2D eigenvalue weighted by Gasteiger charge is 2.39. The Balaban J connectivity index is 2.42. The summed E-state index contributed by atoms with van der Waals surface area (Å²) >= 11 is 12.1. The van der Waals surface area contributed by atoms with Gasteiger partial charge >= 0.3 is 5.97 Å². The quantitative estimate of drug-likeness (QED) is 0.892. The van der Waals surface area contributed by atoms with Crippen LogP contribution in [0.25, 0.3) is 0 Å². The molecule has 2 rings (SSSR count). The molecule has 0 bridgehead atoms. The van der Waals surface area contributed by atoms with Gasteiger partial charge in [-0.3, -0.25) is 4.79 Å². The summed E-state index contributed by atoms with van der Waals surface area (Å²) in [4.78, 5) is 11.0. The molecule has 92 valence electrons. The summed E-state index contributed by atoms with van der Waals surface area (Å²) in [5.41, 5.74) is 0.636. The van der Waals surface area contributed by atoms with Crippen LogP contribution in [-0.2, 0) is 10.2 Å². The number of carbonyl (C=O) groups is 1. The van der Waals surface area contributed by atoms with Crippen molar-refractivity contribution in [3.05, 3.63) is 33.8 Å². The number of halogens is 2. The first-order valence-electron chi connectivity index (χ1n) is 5.71. The van der Waals surface area contributed by atoms with Gasteiger partial charge < -0.3 is 5.11 Å². The van der Waals surface area contributed by atoms with Gasteiger partial charge in [-0.15, -0.1) is 0 Å². The van der Waals surface area contributed by atoms with Crippen LogP contribution < -0.4 is 0 Å². The molecule has 0 heterocycles. The fraction of sp³-hybridized carbons (Fsp3) is 0.462. The molecule has 1 aliphatic carbocycles. The molecule has 0 amide bonds. The topological polar surface area (TPSA) is 37.3 Å². The maximum atomic E-state index is 11.0. The Morgan fingerprint density at radius 1 is 1.29 bits per heavy atom. The highest BCUT2D eigenvalue weighted by molar-refractivity contribution is 6.35. The summed E-state index contributed by atoms with van der Waals surface area (Å²) in [6.45, 7) is 0. The number of rotatable bonds is 3. The molecule has 1 aromatic carbocycles. The molecule has 0 atom stereocenters. The lowest BCUT2D eigenvalue weighted by Crippen LogP contribution is -2.26. The minimum atomic E-state index is -0.766. The second kappa shape index (κ2) is 4.87. The van der Waals surface area contributed by atoms with E-state index in [1.807, 2.05) is 6.07 Å². The molecule has 2 nitrogen and oxygen atoms in total. The highest BCUT2D eigenvalue weighted by atomic mass is 35.5. The molecule has 0 saturated heterocycles. The van der Waals surface area contributed by atoms with Gasteiger partial charge in [0, 0.05) is 15.5 Å². The minimum Gasteiger partial charge on any atom is -0.481 e. The van der Waals surface area contributed by atoms with Crippen LogP contribution in [0, 0.1) is 0 Å². The number of benzene rings is 1. The zero-order valence-electron chi connectivity index (χ0n) is 9.38. The van der Waals surface area contributed by atoms with Gasteiger partial charge in [-0.25, -0.2) is 0 Å². The summed E-state index contributed by atoms with van der Waals surface area (Å²) in [7, 11) is 0. The lowest BCUT2D eigenvalue weighted by atomic mass is 9.76. The van der Waals surface area contributed by atoms with Gasteiger partial charge in [0.05, 0.1) is 6.42 Å². The maximum Gasteiger partial charge on any atom is 0.304 e. The van der Waals surface area contributed by atoms with E-state index in [1.165, 1.54) is 0 Å². The molecule has 1 N–H and O–H groups in total. The lowest BCUT2D eigenvalue weighted by Gasteiger charge is -2.28. The number of carboxylic acids is 1. The maximum absolute atomic E-state index is 11.0. The van der Waals surface area contributed by atoms with Gasteiger partial charge in [-0.05, 0) is 30.5 Å². The fourth-order valence-electron chi connectivity index (χ4n) is 2.80. The third-order valence-corrected chi connectivity index (χ3v) is 4.10. The second-order valence-electron chi connectivity index (χ2n) is 4.68. The minimum absolute atomic E-state index is 0.147. The molecule has 0 aromatic heterocycles. The Bertz CT molecular complexity index is 437. The van der Waals surface area contributed by atoms with Crippen LogP contribution >= 0.6 is 23.2 Å². The van der Waals surface area contributed by atoms with Crippen molar-refractivity contribution in [2.24, 2.45) is 0 Å². The molecule has 1 fully saturated rings. The molecular formula is C13H14Cl2O2. The summed E-state index contributed by atoms with van der Waals surface area (Å²) < 4.78 is 0. The van der Waals surface area contributed by atoms with Crippen molar-refractivity contribution in [3.8, 4) is 0 Å². The largest absolute Gasteiger partial charge is 0.481 e. The van der Waals surface area contributed by atoms with E-state index < -0.39 is 5.97 Å². The molecule has 4 heteroatoms. The molecule has 1 aromatic rings. The number of aliphatic carboxylic acids is 1. The zero-order chi connectivity index (χ0) is 12.5. The SMILES string of the molecule is O=C(O)CC1(c2ccc(Cl)cc2Cl)CCCC1. The van der Waals surface area contributed by atoms with E-state index >= 15 is 0 Å². The van der Waals surface area contributed by atoms with Crippen molar-refractivity contribution in [3.63, 3.8) is 0 Å². The molecule has 0 spiro atoms. The predicted octanol–water partition coefficient (Wildman–Crippen LogP) is 4.28. The fourth-order valence-corrected chi connectivity index (χ4v) is 3.41. The van der Waals surface area contributed by atoms with Crippen LogP contribution in [0.3, 0.4) is 0 Å². The second-order valence-corrected chi connectivity index (χ2v) is 5.53. The van der Waals surface area contributed by atoms with Crippen LogP contribution in [0.1, 0.15) is 37.7 Å². The standard InChI is InChI=1S/C13H14Cl2O2/c14-9-3-4-10(11(15)7-9)13(8-12(16)17)5-1-2-6-13/h3-4,7H,1-2,5-6,8H2,(H,16,17). The van der Waals surface area contributed by atoms with Gasteiger partial charge in [-0.1, -0.05) is 42.1 Å². The Labute approximate surface area is 111 Å². The Hall–Kier alpha value is -0.730.